The van der Waals surface area contributed by atoms with Gasteiger partial charge in [-0.25, -0.2) is 0 Å². The Morgan fingerprint density at radius 1 is 1.26 bits per heavy atom. The largest absolute Gasteiger partial charge is 0.408 e. The average Bonchev–Trinajstić information content (AvgIpc) is 3.23. The van der Waals surface area contributed by atoms with E-state index in [9.17, 15) is 4.79 Å². The Morgan fingerprint density at radius 3 is 2.87 bits per heavy atom. The zero-order valence-electron chi connectivity index (χ0n) is 12.4. The maximum absolute atomic E-state index is 12.1. The number of carbonyl (C=O) groups excluding carboxylic acids is 1. The van der Waals surface area contributed by atoms with Crippen LogP contribution < -0.4 is 5.32 Å². The summed E-state index contributed by atoms with van der Waals surface area (Å²) < 4.78 is 15.4. The van der Waals surface area contributed by atoms with Gasteiger partial charge in [0, 0.05) is 25.2 Å². The smallest absolute Gasteiger partial charge is 0.322 e. The second-order valence-electron chi connectivity index (χ2n) is 4.64. The van der Waals surface area contributed by atoms with E-state index in [0.717, 1.165) is 5.56 Å². The Labute approximate surface area is 131 Å². The number of aromatic nitrogens is 3. The number of ether oxygens (including phenoxy) is 1. The summed E-state index contributed by atoms with van der Waals surface area (Å²) >= 11 is 0. The van der Waals surface area contributed by atoms with Crippen LogP contribution in [-0.2, 0) is 11.2 Å². The van der Waals surface area contributed by atoms with E-state index in [0.29, 0.717) is 24.7 Å². The molecule has 0 saturated heterocycles. The molecule has 0 spiro atoms. The first kappa shape index (κ1) is 14.9. The van der Waals surface area contributed by atoms with Crippen molar-refractivity contribution in [3.05, 3.63) is 48.0 Å². The quantitative estimate of drug-likeness (QED) is 0.743. The van der Waals surface area contributed by atoms with Crippen LogP contribution in [0.1, 0.15) is 16.4 Å². The third-order valence-corrected chi connectivity index (χ3v) is 3.01. The molecule has 8 heteroatoms. The summed E-state index contributed by atoms with van der Waals surface area (Å²) in [4.78, 5) is 12.1. The summed E-state index contributed by atoms with van der Waals surface area (Å²) in [6, 6.07) is 10.9. The molecular weight excluding hydrogens is 300 g/mol. The van der Waals surface area contributed by atoms with Crippen molar-refractivity contribution in [2.75, 3.05) is 19.0 Å². The summed E-state index contributed by atoms with van der Waals surface area (Å²) in [6.45, 7) is 0.458. The van der Waals surface area contributed by atoms with Gasteiger partial charge in [0.2, 0.25) is 5.89 Å². The van der Waals surface area contributed by atoms with Crippen LogP contribution in [0.5, 0.6) is 0 Å². The second-order valence-corrected chi connectivity index (χ2v) is 4.64. The summed E-state index contributed by atoms with van der Waals surface area (Å²) in [7, 11) is 1.58. The molecule has 0 aliphatic rings. The third kappa shape index (κ3) is 3.61. The molecule has 0 radical (unpaired) electrons. The van der Waals surface area contributed by atoms with Crippen LogP contribution in [0.15, 0.2) is 45.3 Å². The highest BCUT2D eigenvalue weighted by molar-refractivity contribution is 6.02. The molecule has 118 valence electrons. The van der Waals surface area contributed by atoms with E-state index in [1.807, 2.05) is 30.3 Å². The lowest BCUT2D eigenvalue weighted by Crippen LogP contribution is -2.12. The zero-order chi connectivity index (χ0) is 16.1. The van der Waals surface area contributed by atoms with Gasteiger partial charge in [-0.05, 0) is 0 Å². The van der Waals surface area contributed by atoms with E-state index in [1.54, 1.807) is 13.2 Å². The van der Waals surface area contributed by atoms with E-state index in [2.05, 4.69) is 20.7 Å². The van der Waals surface area contributed by atoms with Crippen LogP contribution in [0.2, 0.25) is 0 Å². The molecule has 0 aliphatic heterocycles. The van der Waals surface area contributed by atoms with Crippen LogP contribution in [0.4, 0.5) is 6.01 Å². The Bertz CT molecular complexity index is 782. The molecule has 0 bridgehead atoms. The van der Waals surface area contributed by atoms with E-state index in [4.69, 9.17) is 13.7 Å². The maximum atomic E-state index is 12.1. The van der Waals surface area contributed by atoms with Crippen molar-refractivity contribution in [3.63, 3.8) is 0 Å². The molecule has 3 rings (SSSR count). The van der Waals surface area contributed by atoms with E-state index >= 15 is 0 Å². The first-order valence-electron chi connectivity index (χ1n) is 6.91. The maximum Gasteiger partial charge on any atom is 0.322 e. The molecule has 0 atom stereocenters. The predicted molar refractivity (Wildman–Crippen MR) is 79.8 cm³/mol. The molecule has 0 unspecified atom stereocenters. The monoisotopic (exact) mass is 314 g/mol. The fourth-order valence-electron chi connectivity index (χ4n) is 1.88. The number of methoxy groups -OCH3 is 1. The number of amides is 1. The molecular formula is C15H14N4O4. The van der Waals surface area contributed by atoms with Gasteiger partial charge >= 0.3 is 6.01 Å². The number of nitrogens with zero attached hydrogens (tertiary/aromatic N) is 3. The van der Waals surface area contributed by atoms with Crippen molar-refractivity contribution in [2.24, 2.45) is 0 Å². The molecule has 0 saturated carbocycles. The highest BCUT2D eigenvalue weighted by Gasteiger charge is 2.16. The van der Waals surface area contributed by atoms with Crippen molar-refractivity contribution in [1.29, 1.82) is 0 Å². The van der Waals surface area contributed by atoms with Crippen LogP contribution in [0, 0.1) is 0 Å². The van der Waals surface area contributed by atoms with Gasteiger partial charge in [-0.3, -0.25) is 10.1 Å². The predicted octanol–water partition coefficient (Wildman–Crippen LogP) is 2.17. The van der Waals surface area contributed by atoms with Crippen molar-refractivity contribution in [2.45, 2.75) is 6.42 Å². The van der Waals surface area contributed by atoms with Gasteiger partial charge in [0.1, 0.15) is 0 Å². The minimum absolute atomic E-state index is 0.00497. The fourth-order valence-corrected chi connectivity index (χ4v) is 1.88. The molecule has 3 aromatic rings. The summed E-state index contributed by atoms with van der Waals surface area (Å²) in [5.74, 6) is 0.396. The number of nitrogens with one attached hydrogen (secondary N) is 1. The fraction of sp³-hybridized carbons (Fsp3) is 0.200. The topological polar surface area (TPSA) is 103 Å². The first-order chi connectivity index (χ1) is 11.3. The van der Waals surface area contributed by atoms with Crippen LogP contribution in [0.3, 0.4) is 0 Å². The van der Waals surface area contributed by atoms with Gasteiger partial charge < -0.3 is 13.7 Å². The molecule has 8 nitrogen and oxygen atoms in total. The average molecular weight is 314 g/mol. The highest BCUT2D eigenvalue weighted by atomic mass is 16.5. The van der Waals surface area contributed by atoms with Crippen molar-refractivity contribution < 1.29 is 18.5 Å². The molecule has 23 heavy (non-hydrogen) atoms. The molecule has 2 heterocycles. The Balaban J connectivity index is 1.67. The number of hydrogen-bond acceptors (Lipinski definition) is 7. The zero-order valence-corrected chi connectivity index (χ0v) is 12.4. The number of anilines is 1. The minimum Gasteiger partial charge on any atom is -0.408 e. The molecule has 0 aliphatic carbocycles. The van der Waals surface area contributed by atoms with Crippen molar-refractivity contribution >= 4 is 11.9 Å². The van der Waals surface area contributed by atoms with E-state index in [-0.39, 0.29) is 11.7 Å². The lowest BCUT2D eigenvalue weighted by molar-refractivity contribution is 0.101. The van der Waals surface area contributed by atoms with Crippen LogP contribution in [-0.4, -0.2) is 35.0 Å². The number of carbonyl (C=O) groups is 1. The van der Waals surface area contributed by atoms with Crippen LogP contribution in [0.25, 0.3) is 11.3 Å². The van der Waals surface area contributed by atoms with Gasteiger partial charge in [0.25, 0.3) is 5.91 Å². The second kappa shape index (κ2) is 6.84. The number of rotatable bonds is 6. The highest BCUT2D eigenvalue weighted by Crippen LogP contribution is 2.20. The molecule has 1 amide bonds. The summed E-state index contributed by atoms with van der Waals surface area (Å²) in [6.07, 6.45) is 0.474. The molecule has 0 fully saturated rings. The van der Waals surface area contributed by atoms with E-state index < -0.39 is 5.91 Å². The standard InChI is InChI=1S/C15H14N4O4/c1-21-8-7-13-17-18-15(22-13)16-14(20)11-9-12(23-19-11)10-5-3-2-4-6-10/h2-6,9H,7-8H2,1H3,(H,16,18,20). The molecule has 1 N–H and O–H groups in total. The molecule has 2 aromatic heterocycles. The summed E-state index contributed by atoms with van der Waals surface area (Å²) in [5, 5.41) is 13.8. The normalized spacial score (nSPS) is 10.7. The SMILES string of the molecule is COCCc1nnc(NC(=O)c2cc(-c3ccccc3)on2)o1. The Hall–Kier alpha value is -3.00. The van der Waals surface area contributed by atoms with Crippen molar-refractivity contribution in [1.82, 2.24) is 15.4 Å². The van der Waals surface area contributed by atoms with Gasteiger partial charge in [0.05, 0.1) is 6.61 Å². The lowest BCUT2D eigenvalue weighted by atomic mass is 10.1. The van der Waals surface area contributed by atoms with Gasteiger partial charge in [-0.1, -0.05) is 40.6 Å². The van der Waals surface area contributed by atoms with Gasteiger partial charge in [-0.15, -0.1) is 5.10 Å². The molecule has 1 aromatic carbocycles. The number of benzene rings is 1. The van der Waals surface area contributed by atoms with Gasteiger partial charge in [-0.2, -0.15) is 0 Å². The Morgan fingerprint density at radius 2 is 2.09 bits per heavy atom. The number of hydrogen-bond donors (Lipinski definition) is 1. The minimum atomic E-state index is -0.488. The Kier molecular flexibility index (Phi) is 4.44. The summed E-state index contributed by atoms with van der Waals surface area (Å²) in [5.41, 5.74) is 0.958. The van der Waals surface area contributed by atoms with E-state index in [1.165, 1.54) is 0 Å². The lowest BCUT2D eigenvalue weighted by Gasteiger charge is -1.95. The van der Waals surface area contributed by atoms with Gasteiger partial charge in [0.15, 0.2) is 11.5 Å². The third-order valence-electron chi connectivity index (χ3n) is 3.01. The first-order valence-corrected chi connectivity index (χ1v) is 6.91. The van der Waals surface area contributed by atoms with Crippen LogP contribution >= 0.6 is 0 Å². The van der Waals surface area contributed by atoms with Crippen molar-refractivity contribution in [3.8, 4) is 11.3 Å².